The van der Waals surface area contributed by atoms with Crippen molar-refractivity contribution in [3.63, 3.8) is 0 Å². The van der Waals surface area contributed by atoms with E-state index in [1.54, 1.807) is 6.07 Å². The number of aliphatic carboxylic acids is 1. The molecule has 0 bridgehead atoms. The molecule has 1 aromatic heterocycles. The van der Waals surface area contributed by atoms with Gasteiger partial charge in [-0.25, -0.2) is 0 Å². The van der Waals surface area contributed by atoms with Crippen LogP contribution in [0.15, 0.2) is 45.3 Å². The summed E-state index contributed by atoms with van der Waals surface area (Å²) in [6.07, 6.45) is 0.408. The first-order chi connectivity index (χ1) is 9.49. The number of benzene rings is 1. The van der Waals surface area contributed by atoms with Crippen molar-refractivity contribution < 1.29 is 9.90 Å². The Morgan fingerprint density at radius 2 is 1.90 bits per heavy atom. The van der Waals surface area contributed by atoms with Gasteiger partial charge in [0.15, 0.2) is 0 Å². The Balaban J connectivity index is 2.34. The van der Waals surface area contributed by atoms with E-state index >= 15 is 0 Å². The van der Waals surface area contributed by atoms with E-state index in [0.717, 1.165) is 20.2 Å². The number of hydrogen-bond donors (Lipinski definition) is 1. The van der Waals surface area contributed by atoms with Gasteiger partial charge in [-0.15, -0.1) is 0 Å². The van der Waals surface area contributed by atoms with Gasteiger partial charge in [0.05, 0.1) is 11.4 Å². The molecule has 0 aliphatic rings. The van der Waals surface area contributed by atoms with Gasteiger partial charge >= 0.3 is 5.97 Å². The molecule has 1 atom stereocenters. The molecule has 0 aliphatic carbocycles. The lowest BCUT2D eigenvalue weighted by molar-refractivity contribution is -0.138. The van der Waals surface area contributed by atoms with E-state index in [0.29, 0.717) is 12.1 Å². The van der Waals surface area contributed by atoms with Crippen LogP contribution in [0, 0.1) is 6.92 Å². The minimum atomic E-state index is -0.866. The van der Waals surface area contributed by atoms with Crippen LogP contribution >= 0.6 is 31.9 Å². The summed E-state index contributed by atoms with van der Waals surface area (Å²) >= 11 is 6.83. The van der Waals surface area contributed by atoms with Crippen molar-refractivity contribution in [2.24, 2.45) is 0 Å². The van der Waals surface area contributed by atoms with E-state index in [-0.39, 0.29) is 0 Å². The Hall–Kier alpha value is -1.20. The number of pyridine rings is 1. The summed E-state index contributed by atoms with van der Waals surface area (Å²) in [7, 11) is 0. The third kappa shape index (κ3) is 3.46. The lowest BCUT2D eigenvalue weighted by Crippen LogP contribution is -2.16. The number of hydrogen-bond acceptors (Lipinski definition) is 2. The highest BCUT2D eigenvalue weighted by atomic mass is 79.9. The summed E-state index contributed by atoms with van der Waals surface area (Å²) in [5.41, 5.74) is 2.33. The van der Waals surface area contributed by atoms with Crippen molar-refractivity contribution in [1.82, 2.24) is 4.98 Å². The monoisotopic (exact) mass is 397 g/mol. The molecule has 1 heterocycles. The van der Waals surface area contributed by atoms with Crippen LogP contribution < -0.4 is 0 Å². The van der Waals surface area contributed by atoms with Gasteiger partial charge in [0, 0.05) is 8.95 Å². The summed E-state index contributed by atoms with van der Waals surface area (Å²) in [6.45, 7) is 1.85. The minimum Gasteiger partial charge on any atom is -0.481 e. The standard InChI is InChI=1S/C15H13Br2NO2/c1-9-12(16)6-7-14(18-9)11(15(19)20)8-10-4-2-3-5-13(10)17/h2-7,11H,8H2,1H3,(H,19,20). The maximum Gasteiger partial charge on any atom is 0.312 e. The molecule has 2 rings (SSSR count). The number of aryl methyl sites for hydroxylation is 1. The predicted octanol–water partition coefficient (Wildman–Crippen LogP) is 4.33. The van der Waals surface area contributed by atoms with Crippen LogP contribution in [0.25, 0.3) is 0 Å². The fourth-order valence-electron chi connectivity index (χ4n) is 1.96. The SMILES string of the molecule is Cc1nc(C(Cc2ccccc2Br)C(=O)O)ccc1Br. The van der Waals surface area contributed by atoms with Gasteiger partial charge in [-0.05, 0) is 53.0 Å². The van der Waals surface area contributed by atoms with E-state index in [2.05, 4.69) is 36.8 Å². The van der Waals surface area contributed by atoms with E-state index in [4.69, 9.17) is 0 Å². The number of carboxylic acids is 1. The van der Waals surface area contributed by atoms with Crippen LogP contribution in [0.3, 0.4) is 0 Å². The third-order valence-corrected chi connectivity index (χ3v) is 4.69. The lowest BCUT2D eigenvalue weighted by atomic mass is 9.95. The quantitative estimate of drug-likeness (QED) is 0.833. The van der Waals surface area contributed by atoms with E-state index in [9.17, 15) is 9.90 Å². The van der Waals surface area contributed by atoms with Crippen molar-refractivity contribution in [1.29, 1.82) is 0 Å². The van der Waals surface area contributed by atoms with Gasteiger partial charge in [0.1, 0.15) is 5.92 Å². The van der Waals surface area contributed by atoms with Gasteiger partial charge in [0.2, 0.25) is 0 Å². The van der Waals surface area contributed by atoms with E-state index in [1.807, 2.05) is 37.3 Å². The molecule has 0 aliphatic heterocycles. The molecule has 104 valence electrons. The van der Waals surface area contributed by atoms with Gasteiger partial charge in [-0.2, -0.15) is 0 Å². The molecule has 0 radical (unpaired) electrons. The molecule has 0 saturated heterocycles. The molecule has 1 unspecified atom stereocenters. The van der Waals surface area contributed by atoms with Crippen LogP contribution in [0.5, 0.6) is 0 Å². The van der Waals surface area contributed by atoms with Gasteiger partial charge < -0.3 is 5.11 Å². The molecule has 0 amide bonds. The largest absolute Gasteiger partial charge is 0.481 e. The Kier molecular flexibility index (Phi) is 4.94. The smallest absolute Gasteiger partial charge is 0.312 e. The fourth-order valence-corrected chi connectivity index (χ4v) is 2.63. The summed E-state index contributed by atoms with van der Waals surface area (Å²) in [6, 6.07) is 11.2. The summed E-state index contributed by atoms with van der Waals surface area (Å²) in [5, 5.41) is 9.47. The normalized spacial score (nSPS) is 12.2. The number of carbonyl (C=O) groups is 1. The Morgan fingerprint density at radius 3 is 2.50 bits per heavy atom. The Labute approximate surface area is 134 Å². The zero-order valence-electron chi connectivity index (χ0n) is 10.8. The maximum absolute atomic E-state index is 11.5. The zero-order chi connectivity index (χ0) is 14.7. The minimum absolute atomic E-state index is 0.408. The second-order valence-corrected chi connectivity index (χ2v) is 6.20. The number of halogens is 2. The first-order valence-electron chi connectivity index (χ1n) is 6.08. The number of carboxylic acid groups (broad SMARTS) is 1. The number of rotatable bonds is 4. The topological polar surface area (TPSA) is 50.2 Å². The van der Waals surface area contributed by atoms with Crippen LogP contribution in [0.1, 0.15) is 22.9 Å². The Morgan fingerprint density at radius 1 is 1.20 bits per heavy atom. The van der Waals surface area contributed by atoms with Crippen LogP contribution in [0.4, 0.5) is 0 Å². The molecule has 5 heteroatoms. The molecule has 1 aromatic carbocycles. The second kappa shape index (κ2) is 6.50. The molecular weight excluding hydrogens is 386 g/mol. The van der Waals surface area contributed by atoms with Crippen molar-refractivity contribution in [2.75, 3.05) is 0 Å². The van der Waals surface area contributed by atoms with Crippen LogP contribution in [-0.4, -0.2) is 16.1 Å². The lowest BCUT2D eigenvalue weighted by Gasteiger charge is -2.14. The van der Waals surface area contributed by atoms with Gasteiger partial charge in [-0.3, -0.25) is 9.78 Å². The molecule has 1 N–H and O–H groups in total. The summed E-state index contributed by atoms with van der Waals surface area (Å²) < 4.78 is 1.80. The third-order valence-electron chi connectivity index (χ3n) is 3.08. The van der Waals surface area contributed by atoms with Crippen LogP contribution in [-0.2, 0) is 11.2 Å². The molecular formula is C15H13Br2NO2. The predicted molar refractivity (Wildman–Crippen MR) is 84.9 cm³/mol. The van der Waals surface area contributed by atoms with Crippen molar-refractivity contribution in [3.05, 3.63) is 62.3 Å². The zero-order valence-corrected chi connectivity index (χ0v) is 14.0. The van der Waals surface area contributed by atoms with Crippen molar-refractivity contribution in [2.45, 2.75) is 19.3 Å². The molecule has 20 heavy (non-hydrogen) atoms. The molecule has 0 fully saturated rings. The first kappa shape index (κ1) is 15.2. The second-order valence-electron chi connectivity index (χ2n) is 4.49. The van der Waals surface area contributed by atoms with Gasteiger partial charge in [-0.1, -0.05) is 34.1 Å². The fraction of sp³-hybridized carbons (Fsp3) is 0.200. The molecule has 0 spiro atoms. The molecule has 3 nitrogen and oxygen atoms in total. The average Bonchev–Trinajstić information content (AvgIpc) is 2.41. The van der Waals surface area contributed by atoms with Crippen molar-refractivity contribution >= 4 is 37.8 Å². The maximum atomic E-state index is 11.5. The highest BCUT2D eigenvalue weighted by molar-refractivity contribution is 9.10. The highest BCUT2D eigenvalue weighted by Crippen LogP contribution is 2.26. The number of aromatic nitrogens is 1. The summed E-state index contributed by atoms with van der Waals surface area (Å²) in [5.74, 6) is -1.52. The van der Waals surface area contributed by atoms with Crippen LogP contribution in [0.2, 0.25) is 0 Å². The van der Waals surface area contributed by atoms with Gasteiger partial charge in [0.25, 0.3) is 0 Å². The number of nitrogens with zero attached hydrogens (tertiary/aromatic N) is 1. The molecule has 0 saturated carbocycles. The Bertz CT molecular complexity index is 644. The first-order valence-corrected chi connectivity index (χ1v) is 7.67. The summed E-state index contributed by atoms with van der Waals surface area (Å²) in [4.78, 5) is 15.9. The highest BCUT2D eigenvalue weighted by Gasteiger charge is 2.23. The molecule has 2 aromatic rings. The average molecular weight is 399 g/mol. The van der Waals surface area contributed by atoms with Crippen molar-refractivity contribution in [3.8, 4) is 0 Å². The van der Waals surface area contributed by atoms with E-state index in [1.165, 1.54) is 0 Å². The van der Waals surface area contributed by atoms with E-state index < -0.39 is 11.9 Å².